The molecular weight excluding hydrogens is 484 g/mol. The normalized spacial score (nSPS) is 12.8. The molecule has 2 aromatic carbocycles. The number of thioether (sulfide) groups is 1. The van der Waals surface area contributed by atoms with E-state index >= 15 is 0 Å². The van der Waals surface area contributed by atoms with Crippen molar-refractivity contribution in [1.82, 2.24) is 10.6 Å². The lowest BCUT2D eigenvalue weighted by atomic mass is 10.00. The molecule has 0 aliphatic carbocycles. The topological polar surface area (TPSA) is 88.4 Å². The van der Waals surface area contributed by atoms with Gasteiger partial charge in [-0.2, -0.15) is 0 Å². The Balaban J connectivity index is 1.66. The molecule has 2 N–H and O–H groups in total. The number of rotatable bonds is 14. The van der Waals surface area contributed by atoms with E-state index in [-0.39, 0.29) is 29.3 Å². The number of amides is 2. The highest BCUT2D eigenvalue weighted by Gasteiger charge is 2.27. The monoisotopic (exact) mass is 518 g/mol. The van der Waals surface area contributed by atoms with E-state index in [0.29, 0.717) is 18.6 Å². The van der Waals surface area contributed by atoms with Gasteiger partial charge in [-0.25, -0.2) is 0 Å². The Labute approximate surface area is 222 Å². The van der Waals surface area contributed by atoms with Crippen LogP contribution >= 0.6 is 11.8 Å². The highest BCUT2D eigenvalue weighted by molar-refractivity contribution is 7.99. The molecule has 3 aromatic rings. The Morgan fingerprint density at radius 3 is 2.24 bits per heavy atom. The van der Waals surface area contributed by atoms with Crippen molar-refractivity contribution in [2.45, 2.75) is 44.5 Å². The minimum atomic E-state index is -0.755. The van der Waals surface area contributed by atoms with Crippen molar-refractivity contribution in [1.29, 1.82) is 0 Å². The minimum absolute atomic E-state index is 0.0765. The maximum atomic E-state index is 13.3. The number of carbonyl (C=O) groups excluding carboxylic acids is 3. The van der Waals surface area contributed by atoms with Crippen LogP contribution in [-0.2, 0) is 26.6 Å². The van der Waals surface area contributed by atoms with E-state index in [0.717, 1.165) is 16.9 Å². The number of hydrogen-bond donors (Lipinski definition) is 2. The SMILES string of the molecule is CC(C)C[C@H](NC(=O)/C=C/c1ccccc1)C(=O)N[C@@H](Cc1ccccc1)C(=O)CSCc1ccco1. The Morgan fingerprint density at radius 2 is 1.59 bits per heavy atom. The zero-order chi connectivity index (χ0) is 26.5. The molecule has 0 aliphatic rings. The molecule has 0 saturated heterocycles. The average molecular weight is 519 g/mol. The van der Waals surface area contributed by atoms with E-state index in [2.05, 4.69) is 10.6 Å². The summed E-state index contributed by atoms with van der Waals surface area (Å²) in [5.41, 5.74) is 1.84. The minimum Gasteiger partial charge on any atom is -0.468 e. The van der Waals surface area contributed by atoms with E-state index in [1.807, 2.05) is 86.6 Å². The quantitative estimate of drug-likeness (QED) is 0.292. The van der Waals surface area contributed by atoms with Crippen LogP contribution in [0.5, 0.6) is 0 Å². The van der Waals surface area contributed by atoms with E-state index in [1.165, 1.54) is 17.8 Å². The van der Waals surface area contributed by atoms with Gasteiger partial charge in [-0.05, 0) is 48.1 Å². The zero-order valence-corrected chi connectivity index (χ0v) is 22.1. The lowest BCUT2D eigenvalue weighted by Gasteiger charge is -2.24. The number of Topliss-reactive ketones (excluding diaryl/α,β-unsaturated/α-hetero) is 1. The smallest absolute Gasteiger partial charge is 0.244 e. The maximum Gasteiger partial charge on any atom is 0.244 e. The fraction of sp³-hybridized carbons (Fsp3) is 0.300. The van der Waals surface area contributed by atoms with Crippen LogP contribution < -0.4 is 10.6 Å². The summed E-state index contributed by atoms with van der Waals surface area (Å²) < 4.78 is 5.34. The number of carbonyl (C=O) groups is 3. The number of ketones is 1. The van der Waals surface area contributed by atoms with Crippen LogP contribution in [0, 0.1) is 5.92 Å². The second-order valence-corrected chi connectivity index (χ2v) is 10.2. The van der Waals surface area contributed by atoms with Gasteiger partial charge in [0.1, 0.15) is 11.8 Å². The number of furan rings is 1. The van der Waals surface area contributed by atoms with Crippen LogP contribution in [0.3, 0.4) is 0 Å². The Kier molecular flexibility index (Phi) is 11.2. The molecule has 3 rings (SSSR count). The molecule has 0 bridgehead atoms. The average Bonchev–Trinajstić information content (AvgIpc) is 3.41. The molecule has 0 aliphatic heterocycles. The molecule has 194 valence electrons. The van der Waals surface area contributed by atoms with Gasteiger partial charge in [-0.3, -0.25) is 14.4 Å². The third kappa shape index (κ3) is 10.1. The third-order valence-electron chi connectivity index (χ3n) is 5.62. The first-order valence-electron chi connectivity index (χ1n) is 12.4. The second-order valence-electron chi connectivity index (χ2n) is 9.22. The molecule has 2 amide bonds. The lowest BCUT2D eigenvalue weighted by Crippen LogP contribution is -2.52. The molecule has 7 heteroatoms. The predicted octanol–water partition coefficient (Wildman–Crippen LogP) is 5.05. The molecule has 0 unspecified atom stereocenters. The van der Waals surface area contributed by atoms with Gasteiger partial charge in [-0.1, -0.05) is 74.5 Å². The highest BCUT2D eigenvalue weighted by atomic mass is 32.2. The summed E-state index contributed by atoms with van der Waals surface area (Å²) in [6.07, 6.45) is 5.57. The van der Waals surface area contributed by atoms with E-state index in [1.54, 1.807) is 12.3 Å². The van der Waals surface area contributed by atoms with Gasteiger partial charge in [0.15, 0.2) is 5.78 Å². The molecule has 1 aromatic heterocycles. The molecule has 0 fully saturated rings. The third-order valence-corrected chi connectivity index (χ3v) is 6.60. The number of nitrogens with one attached hydrogen (secondary N) is 2. The summed E-state index contributed by atoms with van der Waals surface area (Å²) in [5.74, 6) is 0.979. The van der Waals surface area contributed by atoms with Crippen LogP contribution in [0.15, 0.2) is 89.6 Å². The van der Waals surface area contributed by atoms with Crippen molar-refractivity contribution in [2.75, 3.05) is 5.75 Å². The summed E-state index contributed by atoms with van der Waals surface area (Å²) in [5, 5.41) is 5.75. The molecule has 0 saturated carbocycles. The van der Waals surface area contributed by atoms with Gasteiger partial charge in [0, 0.05) is 6.08 Å². The molecule has 0 radical (unpaired) electrons. The lowest BCUT2D eigenvalue weighted by molar-refractivity contribution is -0.130. The van der Waals surface area contributed by atoms with Crippen molar-refractivity contribution in [3.05, 3.63) is 102 Å². The van der Waals surface area contributed by atoms with E-state index in [4.69, 9.17) is 4.42 Å². The van der Waals surface area contributed by atoms with Crippen LogP contribution in [-0.4, -0.2) is 35.4 Å². The molecule has 2 atom stereocenters. The first kappa shape index (κ1) is 28.0. The predicted molar refractivity (Wildman–Crippen MR) is 149 cm³/mol. The maximum absolute atomic E-state index is 13.3. The summed E-state index contributed by atoms with van der Waals surface area (Å²) in [4.78, 5) is 39.1. The largest absolute Gasteiger partial charge is 0.468 e. The van der Waals surface area contributed by atoms with Gasteiger partial charge in [-0.15, -0.1) is 11.8 Å². The van der Waals surface area contributed by atoms with Crippen LogP contribution in [0.4, 0.5) is 0 Å². The summed E-state index contributed by atoms with van der Waals surface area (Å²) in [7, 11) is 0. The Hall–Kier alpha value is -3.58. The Morgan fingerprint density at radius 1 is 0.892 bits per heavy atom. The van der Waals surface area contributed by atoms with Crippen molar-refractivity contribution >= 4 is 35.4 Å². The summed E-state index contributed by atoms with van der Waals surface area (Å²) >= 11 is 1.45. The van der Waals surface area contributed by atoms with Crippen molar-refractivity contribution in [2.24, 2.45) is 5.92 Å². The standard InChI is InChI=1S/C30H34N2O4S/c1-22(2)18-27(31-29(34)16-15-23-10-5-3-6-11-23)30(35)32-26(19-24-12-7-4-8-13-24)28(33)21-37-20-25-14-9-17-36-25/h3-17,22,26-27H,18-21H2,1-2H3,(H,31,34)(H,32,35)/b16-15+/t26-,27-/m0/s1. The van der Waals surface area contributed by atoms with Crippen LogP contribution in [0.2, 0.25) is 0 Å². The summed E-state index contributed by atoms with van der Waals surface area (Å²) in [6.45, 7) is 3.98. The van der Waals surface area contributed by atoms with Crippen LogP contribution in [0.25, 0.3) is 6.08 Å². The van der Waals surface area contributed by atoms with Gasteiger partial charge in [0.05, 0.1) is 23.8 Å². The number of benzene rings is 2. The first-order chi connectivity index (χ1) is 17.9. The van der Waals surface area contributed by atoms with Crippen molar-refractivity contribution in [3.63, 3.8) is 0 Å². The highest BCUT2D eigenvalue weighted by Crippen LogP contribution is 2.15. The molecule has 0 spiro atoms. The zero-order valence-electron chi connectivity index (χ0n) is 21.3. The van der Waals surface area contributed by atoms with Gasteiger partial charge >= 0.3 is 0 Å². The van der Waals surface area contributed by atoms with Gasteiger partial charge in [0.25, 0.3) is 0 Å². The van der Waals surface area contributed by atoms with Crippen LogP contribution in [0.1, 0.15) is 37.2 Å². The molecule has 1 heterocycles. The van der Waals surface area contributed by atoms with Gasteiger partial charge < -0.3 is 15.1 Å². The van der Waals surface area contributed by atoms with Gasteiger partial charge in [0.2, 0.25) is 11.8 Å². The first-order valence-corrected chi connectivity index (χ1v) is 13.6. The molecule has 37 heavy (non-hydrogen) atoms. The Bertz CT molecular complexity index is 1140. The van der Waals surface area contributed by atoms with E-state index < -0.39 is 12.1 Å². The second kappa shape index (κ2) is 14.9. The molecule has 6 nitrogen and oxygen atoms in total. The molecular formula is C30H34N2O4S. The number of hydrogen-bond acceptors (Lipinski definition) is 5. The van der Waals surface area contributed by atoms with E-state index in [9.17, 15) is 14.4 Å². The summed E-state index contributed by atoms with van der Waals surface area (Å²) in [6, 6.07) is 21.3. The van der Waals surface area contributed by atoms with Crippen molar-refractivity contribution in [3.8, 4) is 0 Å². The fourth-order valence-electron chi connectivity index (χ4n) is 3.77. The fourth-order valence-corrected chi connectivity index (χ4v) is 4.64. The van der Waals surface area contributed by atoms with Crippen molar-refractivity contribution < 1.29 is 18.8 Å².